The molecule has 1 saturated heterocycles. The predicted octanol–water partition coefficient (Wildman–Crippen LogP) is 3.28. The standard InChI is InChI=1S/C20H21FN2O3/c1-20(11-10-14-6-8-17(26-2)9-7-14)18(24)23(19(25)22-20)13-15-4-3-5-16(21)12-15/h3-9,12H,10-11,13H2,1-2H3,(H,22,25). The van der Waals surface area contributed by atoms with Gasteiger partial charge in [-0.25, -0.2) is 9.18 Å². The summed E-state index contributed by atoms with van der Waals surface area (Å²) in [6, 6.07) is 13.1. The van der Waals surface area contributed by atoms with E-state index in [4.69, 9.17) is 4.74 Å². The van der Waals surface area contributed by atoms with E-state index in [1.165, 1.54) is 12.1 Å². The van der Waals surface area contributed by atoms with Crippen LogP contribution >= 0.6 is 0 Å². The average Bonchev–Trinajstić information content (AvgIpc) is 2.84. The molecule has 1 unspecified atom stereocenters. The first kappa shape index (κ1) is 17.9. The topological polar surface area (TPSA) is 58.6 Å². The molecule has 1 atom stereocenters. The van der Waals surface area contributed by atoms with Gasteiger partial charge in [-0.15, -0.1) is 0 Å². The van der Waals surface area contributed by atoms with Crippen LogP contribution in [0.4, 0.5) is 9.18 Å². The Morgan fingerprint density at radius 2 is 1.85 bits per heavy atom. The number of carbonyl (C=O) groups is 2. The number of ether oxygens (including phenoxy) is 1. The Bertz CT molecular complexity index is 822. The highest BCUT2D eigenvalue weighted by atomic mass is 19.1. The summed E-state index contributed by atoms with van der Waals surface area (Å²) in [7, 11) is 1.61. The van der Waals surface area contributed by atoms with E-state index in [2.05, 4.69) is 5.32 Å². The van der Waals surface area contributed by atoms with E-state index in [1.807, 2.05) is 24.3 Å². The molecule has 2 aromatic rings. The molecule has 1 aliphatic heterocycles. The zero-order valence-electron chi connectivity index (χ0n) is 14.8. The molecule has 5 nitrogen and oxygen atoms in total. The van der Waals surface area contributed by atoms with Crippen LogP contribution in [-0.2, 0) is 17.8 Å². The van der Waals surface area contributed by atoms with Crippen molar-refractivity contribution in [2.24, 2.45) is 0 Å². The Morgan fingerprint density at radius 1 is 1.12 bits per heavy atom. The minimum Gasteiger partial charge on any atom is -0.497 e. The molecule has 0 aromatic heterocycles. The summed E-state index contributed by atoms with van der Waals surface area (Å²) in [6.07, 6.45) is 1.11. The third-order valence-corrected chi connectivity index (χ3v) is 4.65. The largest absolute Gasteiger partial charge is 0.497 e. The van der Waals surface area contributed by atoms with Crippen LogP contribution < -0.4 is 10.1 Å². The lowest BCUT2D eigenvalue weighted by Gasteiger charge is -2.21. The molecule has 26 heavy (non-hydrogen) atoms. The molecule has 0 saturated carbocycles. The summed E-state index contributed by atoms with van der Waals surface area (Å²) in [5.41, 5.74) is 0.662. The van der Waals surface area contributed by atoms with E-state index in [9.17, 15) is 14.0 Å². The number of nitrogens with one attached hydrogen (secondary N) is 1. The minimum atomic E-state index is -0.968. The van der Waals surface area contributed by atoms with Crippen LogP contribution in [0, 0.1) is 5.82 Å². The molecular formula is C20H21FN2O3. The molecule has 0 aliphatic carbocycles. The summed E-state index contributed by atoms with van der Waals surface area (Å²) in [6.45, 7) is 1.78. The smallest absolute Gasteiger partial charge is 0.325 e. The fourth-order valence-corrected chi connectivity index (χ4v) is 3.06. The van der Waals surface area contributed by atoms with Crippen molar-refractivity contribution < 1.29 is 18.7 Å². The van der Waals surface area contributed by atoms with Crippen LogP contribution in [0.1, 0.15) is 24.5 Å². The molecule has 2 aromatic carbocycles. The lowest BCUT2D eigenvalue weighted by molar-refractivity contribution is -0.131. The van der Waals surface area contributed by atoms with E-state index in [0.29, 0.717) is 18.4 Å². The number of imide groups is 1. The molecule has 0 spiro atoms. The molecule has 0 bridgehead atoms. The lowest BCUT2D eigenvalue weighted by Crippen LogP contribution is -2.44. The van der Waals surface area contributed by atoms with Gasteiger partial charge in [0.2, 0.25) is 0 Å². The highest BCUT2D eigenvalue weighted by Crippen LogP contribution is 2.25. The number of aryl methyl sites for hydroxylation is 1. The third kappa shape index (κ3) is 3.69. The number of hydrogen-bond acceptors (Lipinski definition) is 3. The second-order valence-electron chi connectivity index (χ2n) is 6.63. The van der Waals surface area contributed by atoms with Crippen molar-refractivity contribution in [3.63, 3.8) is 0 Å². The van der Waals surface area contributed by atoms with Crippen molar-refractivity contribution in [2.75, 3.05) is 7.11 Å². The van der Waals surface area contributed by atoms with E-state index in [0.717, 1.165) is 16.2 Å². The first-order valence-electron chi connectivity index (χ1n) is 8.43. The van der Waals surface area contributed by atoms with Crippen LogP contribution in [0.15, 0.2) is 48.5 Å². The molecular weight excluding hydrogens is 335 g/mol. The van der Waals surface area contributed by atoms with Crippen molar-refractivity contribution >= 4 is 11.9 Å². The van der Waals surface area contributed by atoms with Crippen molar-refractivity contribution in [1.82, 2.24) is 10.2 Å². The highest BCUT2D eigenvalue weighted by molar-refractivity contribution is 6.06. The van der Waals surface area contributed by atoms with Gasteiger partial charge in [-0.3, -0.25) is 9.69 Å². The van der Waals surface area contributed by atoms with Gasteiger partial charge in [-0.05, 0) is 55.2 Å². The maximum atomic E-state index is 13.3. The minimum absolute atomic E-state index is 0.0561. The lowest BCUT2D eigenvalue weighted by atomic mass is 9.93. The van der Waals surface area contributed by atoms with Gasteiger partial charge >= 0.3 is 6.03 Å². The molecule has 1 aliphatic rings. The first-order valence-corrected chi connectivity index (χ1v) is 8.43. The van der Waals surface area contributed by atoms with Gasteiger partial charge in [0.1, 0.15) is 17.1 Å². The summed E-state index contributed by atoms with van der Waals surface area (Å²) in [5, 5.41) is 2.78. The Morgan fingerprint density at radius 3 is 2.50 bits per heavy atom. The van der Waals surface area contributed by atoms with Gasteiger partial charge in [0.05, 0.1) is 13.7 Å². The Balaban J connectivity index is 1.67. The summed E-state index contributed by atoms with van der Waals surface area (Å²) in [5.74, 6) is 0.0866. The number of nitrogens with zero attached hydrogens (tertiary/aromatic N) is 1. The number of amides is 3. The van der Waals surface area contributed by atoms with Crippen molar-refractivity contribution in [3.8, 4) is 5.75 Å². The molecule has 1 fully saturated rings. The maximum Gasteiger partial charge on any atom is 0.325 e. The van der Waals surface area contributed by atoms with Gasteiger partial charge in [0.15, 0.2) is 0 Å². The van der Waals surface area contributed by atoms with Gasteiger partial charge in [0, 0.05) is 0 Å². The van der Waals surface area contributed by atoms with Crippen LogP contribution in [0.2, 0.25) is 0 Å². The van der Waals surface area contributed by atoms with Crippen LogP contribution in [-0.4, -0.2) is 29.5 Å². The summed E-state index contributed by atoms with van der Waals surface area (Å²) < 4.78 is 18.5. The van der Waals surface area contributed by atoms with Crippen molar-refractivity contribution in [3.05, 3.63) is 65.5 Å². The Hall–Kier alpha value is -2.89. The Kier molecular flexibility index (Phi) is 4.93. The maximum absolute atomic E-state index is 13.3. The molecule has 3 amide bonds. The van der Waals surface area contributed by atoms with E-state index in [1.54, 1.807) is 26.2 Å². The average molecular weight is 356 g/mol. The number of halogens is 1. The number of benzene rings is 2. The molecule has 6 heteroatoms. The van der Waals surface area contributed by atoms with Crippen molar-refractivity contribution in [1.29, 1.82) is 0 Å². The van der Waals surface area contributed by atoms with Gasteiger partial charge in [-0.2, -0.15) is 0 Å². The third-order valence-electron chi connectivity index (χ3n) is 4.65. The fraction of sp³-hybridized carbons (Fsp3) is 0.300. The first-order chi connectivity index (χ1) is 12.4. The van der Waals surface area contributed by atoms with E-state index in [-0.39, 0.29) is 12.5 Å². The molecule has 1 heterocycles. The van der Waals surface area contributed by atoms with Crippen LogP contribution in [0.5, 0.6) is 5.75 Å². The number of hydrogen-bond donors (Lipinski definition) is 1. The van der Waals surface area contributed by atoms with Crippen LogP contribution in [0.25, 0.3) is 0 Å². The second-order valence-corrected chi connectivity index (χ2v) is 6.63. The molecule has 136 valence electrons. The zero-order chi connectivity index (χ0) is 18.7. The van der Waals surface area contributed by atoms with Gasteiger partial charge in [-0.1, -0.05) is 24.3 Å². The fourth-order valence-electron chi connectivity index (χ4n) is 3.06. The quantitative estimate of drug-likeness (QED) is 0.808. The second kappa shape index (κ2) is 7.15. The number of rotatable bonds is 6. The summed E-state index contributed by atoms with van der Waals surface area (Å²) >= 11 is 0. The number of methoxy groups -OCH3 is 1. The van der Waals surface area contributed by atoms with Gasteiger partial charge in [0.25, 0.3) is 5.91 Å². The SMILES string of the molecule is COc1ccc(CCC2(C)NC(=O)N(Cc3cccc(F)c3)C2=O)cc1. The Labute approximate surface area is 151 Å². The predicted molar refractivity (Wildman–Crippen MR) is 95.2 cm³/mol. The van der Waals surface area contributed by atoms with E-state index >= 15 is 0 Å². The number of carbonyl (C=O) groups excluding carboxylic acids is 2. The van der Waals surface area contributed by atoms with Gasteiger partial charge < -0.3 is 10.1 Å². The molecule has 0 radical (unpaired) electrons. The number of urea groups is 1. The van der Waals surface area contributed by atoms with E-state index < -0.39 is 17.4 Å². The zero-order valence-corrected chi connectivity index (χ0v) is 14.8. The molecule has 3 rings (SSSR count). The van der Waals surface area contributed by atoms with Crippen LogP contribution in [0.3, 0.4) is 0 Å². The van der Waals surface area contributed by atoms with Crippen molar-refractivity contribution in [2.45, 2.75) is 31.8 Å². The molecule has 1 N–H and O–H groups in total. The normalized spacial score (nSPS) is 19.6. The summed E-state index contributed by atoms with van der Waals surface area (Å²) in [4.78, 5) is 26.2. The monoisotopic (exact) mass is 356 g/mol. The highest BCUT2D eigenvalue weighted by Gasteiger charge is 2.47.